The number of carboxylic acids is 1. The summed E-state index contributed by atoms with van der Waals surface area (Å²) >= 11 is 0. The van der Waals surface area contributed by atoms with Gasteiger partial charge < -0.3 is 10.4 Å². The Kier molecular flexibility index (Phi) is 6.49. The first-order valence-corrected chi connectivity index (χ1v) is 8.85. The second kappa shape index (κ2) is 8.14. The largest absolute Gasteiger partial charge is 0.480 e. The van der Waals surface area contributed by atoms with Crippen LogP contribution in [0.4, 0.5) is 0 Å². The molecule has 2 aliphatic rings. The van der Waals surface area contributed by atoms with Crippen molar-refractivity contribution in [2.75, 3.05) is 13.1 Å². The van der Waals surface area contributed by atoms with Crippen molar-refractivity contribution in [3.8, 4) is 0 Å². The van der Waals surface area contributed by atoms with Gasteiger partial charge in [0.15, 0.2) is 0 Å². The summed E-state index contributed by atoms with van der Waals surface area (Å²) < 4.78 is 0. The van der Waals surface area contributed by atoms with Gasteiger partial charge in [-0.1, -0.05) is 33.1 Å². The van der Waals surface area contributed by atoms with Gasteiger partial charge in [0.05, 0.1) is 6.54 Å². The van der Waals surface area contributed by atoms with E-state index >= 15 is 0 Å². The number of carboxylic acid groups (broad SMARTS) is 1. The van der Waals surface area contributed by atoms with E-state index in [9.17, 15) is 4.79 Å². The van der Waals surface area contributed by atoms with Crippen molar-refractivity contribution in [1.82, 2.24) is 10.2 Å². The van der Waals surface area contributed by atoms with Crippen molar-refractivity contribution < 1.29 is 9.90 Å². The normalized spacial score (nSPS) is 27.8. The minimum Gasteiger partial charge on any atom is -0.480 e. The SMILES string of the molecule is CCCC(NC1CC(N(CC)CC(=O)O)C1)C1CCCC1. The molecule has 4 nitrogen and oxygen atoms in total. The monoisotopic (exact) mass is 296 g/mol. The minimum absolute atomic E-state index is 0.189. The van der Waals surface area contributed by atoms with Gasteiger partial charge >= 0.3 is 5.97 Å². The molecule has 2 N–H and O–H groups in total. The van der Waals surface area contributed by atoms with Crippen molar-refractivity contribution in [1.29, 1.82) is 0 Å². The predicted octanol–water partition coefficient (Wildman–Crippen LogP) is 2.87. The second-order valence-corrected chi connectivity index (χ2v) is 6.89. The molecule has 2 fully saturated rings. The molecule has 0 aromatic rings. The van der Waals surface area contributed by atoms with Crippen molar-refractivity contribution in [2.45, 2.75) is 83.3 Å². The maximum absolute atomic E-state index is 10.9. The van der Waals surface area contributed by atoms with Crippen LogP contribution >= 0.6 is 0 Å². The number of hydrogen-bond acceptors (Lipinski definition) is 3. The molecule has 0 aliphatic heterocycles. The Labute approximate surface area is 129 Å². The highest BCUT2D eigenvalue weighted by molar-refractivity contribution is 5.69. The van der Waals surface area contributed by atoms with E-state index in [1.807, 2.05) is 0 Å². The Balaban J connectivity index is 1.75. The number of nitrogens with zero attached hydrogens (tertiary/aromatic N) is 1. The van der Waals surface area contributed by atoms with Gasteiger partial charge in [-0.2, -0.15) is 0 Å². The molecule has 21 heavy (non-hydrogen) atoms. The van der Waals surface area contributed by atoms with Crippen LogP contribution in [0.5, 0.6) is 0 Å². The molecule has 1 atom stereocenters. The number of hydrogen-bond donors (Lipinski definition) is 2. The summed E-state index contributed by atoms with van der Waals surface area (Å²) in [5.74, 6) is 0.174. The first-order chi connectivity index (χ1) is 10.1. The smallest absolute Gasteiger partial charge is 0.317 e. The third kappa shape index (κ3) is 4.68. The maximum atomic E-state index is 10.9. The predicted molar refractivity (Wildman–Crippen MR) is 85.5 cm³/mol. The van der Waals surface area contributed by atoms with Crippen LogP contribution in [0, 0.1) is 5.92 Å². The lowest BCUT2D eigenvalue weighted by Gasteiger charge is -2.44. The summed E-state index contributed by atoms with van der Waals surface area (Å²) in [7, 11) is 0. The van der Waals surface area contributed by atoms with E-state index < -0.39 is 5.97 Å². The van der Waals surface area contributed by atoms with Crippen LogP contribution in [-0.2, 0) is 4.79 Å². The molecular weight excluding hydrogens is 264 g/mol. The van der Waals surface area contributed by atoms with E-state index in [0.29, 0.717) is 18.1 Å². The molecule has 0 aromatic carbocycles. The second-order valence-electron chi connectivity index (χ2n) is 6.89. The molecule has 0 radical (unpaired) electrons. The number of aliphatic carboxylic acids is 1. The summed E-state index contributed by atoms with van der Waals surface area (Å²) in [5, 5.41) is 12.8. The summed E-state index contributed by atoms with van der Waals surface area (Å²) in [6.07, 6.45) is 10.4. The number of carbonyl (C=O) groups is 1. The van der Waals surface area contributed by atoms with E-state index in [1.165, 1.54) is 38.5 Å². The Morgan fingerprint density at radius 2 is 1.95 bits per heavy atom. The lowest BCUT2D eigenvalue weighted by molar-refractivity contribution is -0.139. The zero-order valence-corrected chi connectivity index (χ0v) is 13.7. The van der Waals surface area contributed by atoms with Crippen LogP contribution in [0.15, 0.2) is 0 Å². The molecule has 0 spiro atoms. The van der Waals surface area contributed by atoms with Crippen LogP contribution in [0.2, 0.25) is 0 Å². The van der Waals surface area contributed by atoms with Crippen LogP contribution < -0.4 is 5.32 Å². The van der Waals surface area contributed by atoms with Gasteiger partial charge in [0.1, 0.15) is 0 Å². The summed E-state index contributed by atoms with van der Waals surface area (Å²) in [5.41, 5.74) is 0. The third-order valence-electron chi connectivity index (χ3n) is 5.39. The number of rotatable bonds is 9. The summed E-state index contributed by atoms with van der Waals surface area (Å²) in [6.45, 7) is 5.36. The van der Waals surface area contributed by atoms with E-state index in [2.05, 4.69) is 24.1 Å². The molecule has 0 bridgehead atoms. The molecule has 0 saturated heterocycles. The summed E-state index contributed by atoms with van der Waals surface area (Å²) in [6, 6.07) is 1.77. The Bertz CT molecular complexity index is 323. The molecule has 2 rings (SSSR count). The van der Waals surface area contributed by atoms with E-state index in [1.54, 1.807) is 0 Å². The lowest BCUT2D eigenvalue weighted by Crippen LogP contribution is -2.56. The lowest BCUT2D eigenvalue weighted by atomic mass is 9.83. The molecule has 0 aromatic heterocycles. The topological polar surface area (TPSA) is 52.6 Å². The minimum atomic E-state index is -0.705. The van der Waals surface area contributed by atoms with Crippen LogP contribution in [-0.4, -0.2) is 47.2 Å². The summed E-state index contributed by atoms with van der Waals surface area (Å²) in [4.78, 5) is 13.0. The molecule has 0 amide bonds. The first kappa shape index (κ1) is 16.8. The first-order valence-electron chi connectivity index (χ1n) is 8.85. The van der Waals surface area contributed by atoms with Crippen molar-refractivity contribution in [2.24, 2.45) is 5.92 Å². The number of nitrogens with one attached hydrogen (secondary N) is 1. The Morgan fingerprint density at radius 3 is 2.48 bits per heavy atom. The van der Waals surface area contributed by atoms with Crippen LogP contribution in [0.25, 0.3) is 0 Å². The molecule has 4 heteroatoms. The van der Waals surface area contributed by atoms with Crippen molar-refractivity contribution in [3.63, 3.8) is 0 Å². The fourth-order valence-corrected chi connectivity index (χ4v) is 4.12. The van der Waals surface area contributed by atoms with Gasteiger partial charge in [-0.15, -0.1) is 0 Å². The van der Waals surface area contributed by atoms with Gasteiger partial charge in [-0.05, 0) is 44.6 Å². The molecule has 2 saturated carbocycles. The van der Waals surface area contributed by atoms with Gasteiger partial charge in [0.2, 0.25) is 0 Å². The highest BCUT2D eigenvalue weighted by atomic mass is 16.4. The average molecular weight is 296 g/mol. The van der Waals surface area contributed by atoms with Gasteiger partial charge in [0.25, 0.3) is 0 Å². The van der Waals surface area contributed by atoms with Crippen LogP contribution in [0.1, 0.15) is 65.2 Å². The number of likely N-dealkylation sites (N-methyl/N-ethyl adjacent to an activating group) is 1. The Hall–Kier alpha value is -0.610. The quantitative estimate of drug-likeness (QED) is 0.687. The van der Waals surface area contributed by atoms with Gasteiger partial charge in [0, 0.05) is 18.1 Å². The molecule has 0 heterocycles. The Morgan fingerprint density at radius 1 is 1.29 bits per heavy atom. The van der Waals surface area contributed by atoms with Crippen molar-refractivity contribution >= 4 is 5.97 Å². The molecular formula is C17H32N2O2. The maximum Gasteiger partial charge on any atom is 0.317 e. The zero-order chi connectivity index (χ0) is 15.2. The highest BCUT2D eigenvalue weighted by Crippen LogP contribution is 2.32. The molecule has 2 aliphatic carbocycles. The highest BCUT2D eigenvalue weighted by Gasteiger charge is 2.36. The van der Waals surface area contributed by atoms with Gasteiger partial charge in [-0.25, -0.2) is 0 Å². The average Bonchev–Trinajstić information content (AvgIpc) is 2.92. The molecule has 122 valence electrons. The fraction of sp³-hybridized carbons (Fsp3) is 0.941. The van der Waals surface area contributed by atoms with E-state index in [4.69, 9.17) is 5.11 Å². The van der Waals surface area contributed by atoms with Crippen molar-refractivity contribution in [3.05, 3.63) is 0 Å². The molecule has 1 unspecified atom stereocenters. The van der Waals surface area contributed by atoms with E-state index in [0.717, 1.165) is 25.3 Å². The van der Waals surface area contributed by atoms with Crippen LogP contribution in [0.3, 0.4) is 0 Å². The standard InChI is InChI=1S/C17H32N2O2/c1-3-7-16(13-8-5-6-9-13)18-14-10-15(11-14)19(4-2)12-17(20)21/h13-16,18H,3-12H2,1-2H3,(H,20,21). The fourth-order valence-electron chi connectivity index (χ4n) is 4.12. The van der Waals surface area contributed by atoms with Gasteiger partial charge in [-0.3, -0.25) is 9.69 Å². The zero-order valence-electron chi connectivity index (χ0n) is 13.7. The third-order valence-corrected chi connectivity index (χ3v) is 5.39. The van der Waals surface area contributed by atoms with E-state index in [-0.39, 0.29) is 6.54 Å².